The number of hydrogen-bond donors (Lipinski definition) is 1. The van der Waals surface area contributed by atoms with Crippen molar-refractivity contribution >= 4 is 34.0 Å². The summed E-state index contributed by atoms with van der Waals surface area (Å²) in [5.74, 6) is 0. The minimum absolute atomic E-state index is 0.147. The minimum Gasteiger partial charge on any atom is -0.379 e. The fraction of sp³-hybridized carbons (Fsp3) is 0.455. The van der Waals surface area contributed by atoms with Crippen molar-refractivity contribution in [2.24, 2.45) is 0 Å². The molecule has 0 spiro atoms. The van der Waals surface area contributed by atoms with E-state index in [1.807, 2.05) is 0 Å². The van der Waals surface area contributed by atoms with Crippen LogP contribution in [0, 0.1) is 13.7 Å². The third-order valence-corrected chi connectivity index (χ3v) is 3.95. The molecular formula is C11H13IN2O2. The lowest BCUT2D eigenvalue weighted by Gasteiger charge is -2.40. The van der Waals surface area contributed by atoms with Gasteiger partial charge in [0.15, 0.2) is 0 Å². The predicted octanol–water partition coefficient (Wildman–Crippen LogP) is 3.55. The number of nitro benzene ring substituents is 1. The quantitative estimate of drug-likeness (QED) is 0.523. The zero-order valence-electron chi connectivity index (χ0n) is 9.00. The Morgan fingerprint density at radius 3 is 2.62 bits per heavy atom. The van der Waals surface area contributed by atoms with E-state index in [2.05, 4.69) is 34.8 Å². The average Bonchev–Trinajstić information content (AvgIpc) is 2.18. The highest BCUT2D eigenvalue weighted by Crippen LogP contribution is 2.36. The number of nitro groups is 1. The molecule has 5 heteroatoms. The zero-order chi connectivity index (χ0) is 11.8. The van der Waals surface area contributed by atoms with Crippen LogP contribution >= 0.6 is 22.6 Å². The summed E-state index contributed by atoms with van der Waals surface area (Å²) in [7, 11) is 0. The van der Waals surface area contributed by atoms with Crippen LogP contribution in [0.15, 0.2) is 18.2 Å². The number of rotatable bonds is 3. The highest BCUT2D eigenvalue weighted by molar-refractivity contribution is 14.1. The minimum atomic E-state index is -0.364. The molecule has 1 aromatic rings. The Morgan fingerprint density at radius 2 is 2.19 bits per heavy atom. The molecular weight excluding hydrogens is 319 g/mol. The molecule has 1 saturated carbocycles. The predicted molar refractivity (Wildman–Crippen MR) is 71.7 cm³/mol. The highest BCUT2D eigenvalue weighted by Gasteiger charge is 2.31. The topological polar surface area (TPSA) is 55.2 Å². The van der Waals surface area contributed by atoms with Gasteiger partial charge in [-0.2, -0.15) is 0 Å². The number of non-ortho nitro benzene ring substituents is 1. The molecule has 0 unspecified atom stereocenters. The lowest BCUT2D eigenvalue weighted by atomic mass is 9.78. The van der Waals surface area contributed by atoms with E-state index >= 15 is 0 Å². The molecule has 0 saturated heterocycles. The summed E-state index contributed by atoms with van der Waals surface area (Å²) in [4.78, 5) is 10.2. The number of hydrogen-bond acceptors (Lipinski definition) is 3. The van der Waals surface area contributed by atoms with E-state index in [-0.39, 0.29) is 16.1 Å². The van der Waals surface area contributed by atoms with Gasteiger partial charge in [0, 0.05) is 26.9 Å². The van der Waals surface area contributed by atoms with Gasteiger partial charge in [-0.3, -0.25) is 10.1 Å². The van der Waals surface area contributed by atoms with Crippen molar-refractivity contribution in [3.63, 3.8) is 0 Å². The summed E-state index contributed by atoms with van der Waals surface area (Å²) in [5, 5.41) is 14.1. The molecule has 1 aliphatic carbocycles. The van der Waals surface area contributed by atoms with Crippen molar-refractivity contribution in [1.82, 2.24) is 0 Å². The van der Waals surface area contributed by atoms with Crippen molar-refractivity contribution < 1.29 is 4.92 Å². The number of benzene rings is 1. The first-order valence-corrected chi connectivity index (χ1v) is 6.30. The second-order valence-corrected chi connectivity index (χ2v) is 5.62. The number of halogens is 1. The van der Waals surface area contributed by atoms with Crippen LogP contribution in [0.4, 0.5) is 11.4 Å². The van der Waals surface area contributed by atoms with Crippen molar-refractivity contribution in [3.05, 3.63) is 31.9 Å². The maximum absolute atomic E-state index is 10.6. The molecule has 0 aliphatic heterocycles. The first-order chi connectivity index (χ1) is 7.50. The molecule has 1 aliphatic rings. The van der Waals surface area contributed by atoms with Crippen LogP contribution in [0.5, 0.6) is 0 Å². The molecule has 0 heterocycles. The SMILES string of the molecule is CC1(Nc2ccc([N+](=O)[O-])cc2I)CCC1. The van der Waals surface area contributed by atoms with Crippen LogP contribution in [0.3, 0.4) is 0 Å². The van der Waals surface area contributed by atoms with E-state index in [0.29, 0.717) is 0 Å². The van der Waals surface area contributed by atoms with Crippen LogP contribution in [-0.2, 0) is 0 Å². The first kappa shape index (κ1) is 11.6. The van der Waals surface area contributed by atoms with Gasteiger partial charge in [-0.25, -0.2) is 0 Å². The molecule has 1 fully saturated rings. The summed E-state index contributed by atoms with van der Waals surface area (Å²) < 4.78 is 0.903. The summed E-state index contributed by atoms with van der Waals surface area (Å²) in [6.45, 7) is 2.19. The van der Waals surface area contributed by atoms with Gasteiger partial charge in [-0.1, -0.05) is 0 Å². The van der Waals surface area contributed by atoms with E-state index in [1.54, 1.807) is 18.2 Å². The molecule has 1 N–H and O–H groups in total. The van der Waals surface area contributed by atoms with Gasteiger partial charge in [0.25, 0.3) is 5.69 Å². The standard InChI is InChI=1S/C11H13IN2O2/c1-11(5-2-6-11)13-10-4-3-8(14(15)16)7-9(10)12/h3-4,7,13H,2,5-6H2,1H3. The smallest absolute Gasteiger partial charge is 0.270 e. The Kier molecular flexibility index (Phi) is 3.05. The van der Waals surface area contributed by atoms with Gasteiger partial charge in [0.2, 0.25) is 0 Å². The molecule has 0 atom stereocenters. The van der Waals surface area contributed by atoms with Gasteiger partial charge in [-0.15, -0.1) is 0 Å². The molecule has 86 valence electrons. The van der Waals surface area contributed by atoms with Crippen molar-refractivity contribution in [2.75, 3.05) is 5.32 Å². The van der Waals surface area contributed by atoms with E-state index < -0.39 is 0 Å². The molecule has 0 bridgehead atoms. The maximum atomic E-state index is 10.6. The molecule has 0 radical (unpaired) electrons. The number of nitrogens with one attached hydrogen (secondary N) is 1. The Balaban J connectivity index is 2.19. The molecule has 1 aromatic carbocycles. The Morgan fingerprint density at radius 1 is 1.50 bits per heavy atom. The second-order valence-electron chi connectivity index (χ2n) is 4.46. The lowest BCUT2D eigenvalue weighted by Crippen LogP contribution is -2.41. The van der Waals surface area contributed by atoms with Crippen LogP contribution < -0.4 is 5.32 Å². The summed E-state index contributed by atoms with van der Waals surface area (Å²) >= 11 is 2.13. The Labute approximate surface area is 108 Å². The van der Waals surface area contributed by atoms with E-state index in [0.717, 1.165) is 9.26 Å². The zero-order valence-corrected chi connectivity index (χ0v) is 11.2. The van der Waals surface area contributed by atoms with E-state index in [4.69, 9.17) is 0 Å². The van der Waals surface area contributed by atoms with Gasteiger partial charge in [0.05, 0.1) is 4.92 Å². The Hall–Kier alpha value is -0.850. The monoisotopic (exact) mass is 332 g/mol. The largest absolute Gasteiger partial charge is 0.379 e. The summed E-state index contributed by atoms with van der Waals surface area (Å²) in [6.07, 6.45) is 3.59. The van der Waals surface area contributed by atoms with Gasteiger partial charge < -0.3 is 5.32 Å². The van der Waals surface area contributed by atoms with Gasteiger partial charge >= 0.3 is 0 Å². The first-order valence-electron chi connectivity index (χ1n) is 5.22. The third kappa shape index (κ3) is 2.28. The fourth-order valence-corrected chi connectivity index (χ4v) is 2.51. The molecule has 0 amide bonds. The Bertz CT molecular complexity index is 430. The number of nitrogens with zero attached hydrogens (tertiary/aromatic N) is 1. The average molecular weight is 332 g/mol. The summed E-state index contributed by atoms with van der Waals surface area (Å²) in [5.41, 5.74) is 1.32. The highest BCUT2D eigenvalue weighted by atomic mass is 127. The van der Waals surface area contributed by atoms with Crippen LogP contribution in [0.2, 0.25) is 0 Å². The second kappa shape index (κ2) is 4.20. The van der Waals surface area contributed by atoms with Crippen molar-refractivity contribution in [1.29, 1.82) is 0 Å². The van der Waals surface area contributed by atoms with Gasteiger partial charge in [0.1, 0.15) is 0 Å². The fourth-order valence-electron chi connectivity index (χ4n) is 1.88. The third-order valence-electron chi connectivity index (χ3n) is 3.06. The summed E-state index contributed by atoms with van der Waals surface area (Å²) in [6, 6.07) is 4.95. The van der Waals surface area contributed by atoms with Crippen LogP contribution in [-0.4, -0.2) is 10.5 Å². The molecule has 2 rings (SSSR count). The lowest BCUT2D eigenvalue weighted by molar-refractivity contribution is -0.384. The van der Waals surface area contributed by atoms with E-state index in [1.165, 1.54) is 19.3 Å². The van der Waals surface area contributed by atoms with Crippen molar-refractivity contribution in [3.8, 4) is 0 Å². The van der Waals surface area contributed by atoms with Crippen LogP contribution in [0.25, 0.3) is 0 Å². The number of anilines is 1. The molecule has 0 aromatic heterocycles. The molecule has 4 nitrogen and oxygen atoms in total. The van der Waals surface area contributed by atoms with E-state index in [9.17, 15) is 10.1 Å². The molecule has 16 heavy (non-hydrogen) atoms. The normalized spacial score (nSPS) is 17.6. The van der Waals surface area contributed by atoms with Crippen molar-refractivity contribution in [2.45, 2.75) is 31.7 Å². The van der Waals surface area contributed by atoms with Gasteiger partial charge in [-0.05, 0) is 54.8 Å². The van der Waals surface area contributed by atoms with Crippen LogP contribution in [0.1, 0.15) is 26.2 Å². The maximum Gasteiger partial charge on any atom is 0.270 e.